The summed E-state index contributed by atoms with van der Waals surface area (Å²) in [5.41, 5.74) is 5.35. The highest BCUT2D eigenvalue weighted by atomic mass is 32.1. The second-order valence-electron chi connectivity index (χ2n) is 6.00. The summed E-state index contributed by atoms with van der Waals surface area (Å²) in [4.78, 5) is 16.6. The number of nitrogens with zero attached hydrogens (tertiary/aromatic N) is 1. The largest absolute Gasteiger partial charge is 0.312 e. The number of carbonyl (C=O) groups is 1. The van der Waals surface area contributed by atoms with E-state index in [1.807, 2.05) is 25.1 Å². The van der Waals surface area contributed by atoms with Crippen molar-refractivity contribution >= 4 is 22.2 Å². The number of aryl methyl sites for hydroxylation is 1. The van der Waals surface area contributed by atoms with Gasteiger partial charge in [0.1, 0.15) is 16.5 Å². The summed E-state index contributed by atoms with van der Waals surface area (Å²) in [5.74, 6) is -0.477. The van der Waals surface area contributed by atoms with Gasteiger partial charge in [0.05, 0.1) is 5.51 Å². The number of halogens is 1. The van der Waals surface area contributed by atoms with E-state index in [9.17, 15) is 9.18 Å². The molecule has 0 bridgehead atoms. The normalized spacial score (nSPS) is 11.4. The fourth-order valence-electron chi connectivity index (χ4n) is 2.58. The Hall–Kier alpha value is -2.79. The van der Waals surface area contributed by atoms with Crippen LogP contribution in [-0.4, -0.2) is 10.9 Å². The highest BCUT2D eigenvalue weighted by Gasteiger charge is 2.11. The summed E-state index contributed by atoms with van der Waals surface area (Å²) in [6, 6.07) is 16.3. The van der Waals surface area contributed by atoms with Crippen LogP contribution < -0.4 is 5.32 Å². The summed E-state index contributed by atoms with van der Waals surface area (Å²) < 4.78 is 13.1. The maximum Gasteiger partial charge on any atom is 0.248 e. The molecular weight excluding hydrogens is 347 g/mol. The fraction of sp³-hybridized carbons (Fsp3) is 0.143. The van der Waals surface area contributed by atoms with E-state index in [4.69, 9.17) is 0 Å². The third-order valence-electron chi connectivity index (χ3n) is 3.95. The summed E-state index contributed by atoms with van der Waals surface area (Å²) in [5, 5.41) is 3.54. The van der Waals surface area contributed by atoms with E-state index in [1.165, 1.54) is 29.0 Å². The highest BCUT2D eigenvalue weighted by molar-refractivity contribution is 7.14. The lowest BCUT2D eigenvalue weighted by Gasteiger charge is -2.05. The van der Waals surface area contributed by atoms with E-state index in [-0.39, 0.29) is 11.7 Å². The van der Waals surface area contributed by atoms with Gasteiger partial charge in [-0.05, 0) is 49.6 Å². The van der Waals surface area contributed by atoms with E-state index in [1.54, 1.807) is 23.7 Å². The minimum atomic E-state index is -0.300. The number of anilines is 1. The molecule has 0 aliphatic carbocycles. The molecule has 0 unspecified atom stereocenters. The Morgan fingerprint density at radius 3 is 2.62 bits per heavy atom. The molecule has 0 atom stereocenters. The zero-order valence-corrected chi connectivity index (χ0v) is 15.2. The number of rotatable bonds is 6. The van der Waals surface area contributed by atoms with Gasteiger partial charge in [-0.1, -0.05) is 35.9 Å². The first-order valence-corrected chi connectivity index (χ1v) is 9.21. The number of benzene rings is 2. The summed E-state index contributed by atoms with van der Waals surface area (Å²) in [6.45, 7) is 1.95. The molecule has 3 nitrogen and oxygen atoms in total. The van der Waals surface area contributed by atoms with Crippen LogP contribution in [0.1, 0.15) is 18.9 Å². The van der Waals surface area contributed by atoms with Crippen LogP contribution in [0.4, 0.5) is 9.39 Å². The van der Waals surface area contributed by atoms with Crippen molar-refractivity contribution in [1.29, 1.82) is 0 Å². The van der Waals surface area contributed by atoms with Gasteiger partial charge in [0.25, 0.3) is 0 Å². The first-order valence-electron chi connectivity index (χ1n) is 8.33. The van der Waals surface area contributed by atoms with Crippen molar-refractivity contribution in [2.24, 2.45) is 0 Å². The average Bonchev–Trinajstić information content (AvgIpc) is 3.09. The zero-order valence-electron chi connectivity index (χ0n) is 14.4. The first kappa shape index (κ1) is 18.0. The van der Waals surface area contributed by atoms with Crippen molar-refractivity contribution in [2.45, 2.75) is 19.8 Å². The van der Waals surface area contributed by atoms with Crippen molar-refractivity contribution in [2.75, 3.05) is 5.32 Å². The van der Waals surface area contributed by atoms with Crippen LogP contribution >= 0.6 is 11.3 Å². The number of aromatic nitrogens is 1. The lowest BCUT2D eigenvalue weighted by Crippen LogP contribution is -2.08. The van der Waals surface area contributed by atoms with Crippen molar-refractivity contribution in [3.8, 4) is 11.3 Å². The molecular formula is C21H19FN2OS. The number of carbonyl (C=O) groups excluding carboxylic acids is 1. The van der Waals surface area contributed by atoms with Crippen LogP contribution in [0, 0.1) is 5.82 Å². The number of nitrogens with one attached hydrogen (secondary N) is 1. The van der Waals surface area contributed by atoms with Gasteiger partial charge in [0.2, 0.25) is 5.91 Å². The Morgan fingerprint density at radius 1 is 1.15 bits per heavy atom. The first-order chi connectivity index (χ1) is 12.6. The summed E-state index contributed by atoms with van der Waals surface area (Å²) >= 11 is 1.35. The Balaban J connectivity index is 1.63. The SMILES string of the molecule is CC(=CC(=O)Nc1scnc1-c1ccc(F)cc1)CCc1ccccc1. The molecule has 1 amide bonds. The van der Waals surface area contributed by atoms with Gasteiger partial charge in [-0.15, -0.1) is 11.3 Å². The fourth-order valence-corrected chi connectivity index (χ4v) is 3.28. The summed E-state index contributed by atoms with van der Waals surface area (Å²) in [6.07, 6.45) is 3.35. The molecule has 26 heavy (non-hydrogen) atoms. The minimum absolute atomic E-state index is 0.178. The van der Waals surface area contributed by atoms with Crippen LogP contribution in [0.3, 0.4) is 0 Å². The number of hydrogen-bond acceptors (Lipinski definition) is 3. The molecule has 1 heterocycles. The van der Waals surface area contributed by atoms with E-state index >= 15 is 0 Å². The van der Waals surface area contributed by atoms with E-state index in [0.29, 0.717) is 10.7 Å². The van der Waals surface area contributed by atoms with Crippen LogP contribution in [0.2, 0.25) is 0 Å². The third kappa shape index (κ3) is 4.86. The maximum absolute atomic E-state index is 13.1. The predicted molar refractivity (Wildman–Crippen MR) is 105 cm³/mol. The number of thiazole rings is 1. The second kappa shape index (κ2) is 8.54. The van der Waals surface area contributed by atoms with Gasteiger partial charge >= 0.3 is 0 Å². The molecule has 3 aromatic rings. The van der Waals surface area contributed by atoms with Crippen molar-refractivity contribution in [3.63, 3.8) is 0 Å². The molecule has 0 spiro atoms. The Bertz CT molecular complexity index is 901. The van der Waals surface area contributed by atoms with E-state index in [2.05, 4.69) is 22.4 Å². The van der Waals surface area contributed by atoms with Crippen LogP contribution in [0.15, 0.2) is 71.8 Å². The Labute approximate surface area is 156 Å². The lowest BCUT2D eigenvalue weighted by molar-refractivity contribution is -0.111. The zero-order chi connectivity index (χ0) is 18.4. The molecule has 0 aliphatic heterocycles. The van der Waals surface area contributed by atoms with Gasteiger partial charge in [0, 0.05) is 11.6 Å². The molecule has 0 aliphatic rings. The highest BCUT2D eigenvalue weighted by Crippen LogP contribution is 2.30. The Morgan fingerprint density at radius 2 is 1.88 bits per heavy atom. The van der Waals surface area contributed by atoms with Gasteiger partial charge < -0.3 is 5.32 Å². The quantitative estimate of drug-likeness (QED) is 0.588. The predicted octanol–water partition coefficient (Wildman–Crippen LogP) is 5.47. The van der Waals surface area contributed by atoms with E-state index in [0.717, 1.165) is 24.0 Å². The van der Waals surface area contributed by atoms with Crippen molar-refractivity contribution < 1.29 is 9.18 Å². The molecule has 0 saturated carbocycles. The smallest absolute Gasteiger partial charge is 0.248 e. The van der Waals surface area contributed by atoms with Crippen LogP contribution in [-0.2, 0) is 11.2 Å². The maximum atomic E-state index is 13.1. The molecule has 3 rings (SSSR count). The average molecular weight is 366 g/mol. The molecule has 0 saturated heterocycles. The molecule has 5 heteroatoms. The number of allylic oxidation sites excluding steroid dienone is 1. The Kier molecular flexibility index (Phi) is 5.92. The minimum Gasteiger partial charge on any atom is -0.312 e. The van der Waals surface area contributed by atoms with Gasteiger partial charge in [-0.3, -0.25) is 4.79 Å². The topological polar surface area (TPSA) is 42.0 Å². The number of hydrogen-bond donors (Lipinski definition) is 1. The second-order valence-corrected chi connectivity index (χ2v) is 6.86. The van der Waals surface area contributed by atoms with Crippen molar-refractivity contribution in [1.82, 2.24) is 4.98 Å². The van der Waals surface area contributed by atoms with Gasteiger partial charge in [0.15, 0.2) is 0 Å². The monoisotopic (exact) mass is 366 g/mol. The lowest BCUT2D eigenvalue weighted by atomic mass is 10.1. The molecule has 1 aromatic heterocycles. The van der Waals surface area contributed by atoms with Gasteiger partial charge in [-0.2, -0.15) is 0 Å². The third-order valence-corrected chi connectivity index (χ3v) is 4.69. The van der Waals surface area contributed by atoms with Crippen LogP contribution in [0.25, 0.3) is 11.3 Å². The van der Waals surface area contributed by atoms with Crippen molar-refractivity contribution in [3.05, 3.63) is 83.1 Å². The van der Waals surface area contributed by atoms with Crippen LogP contribution in [0.5, 0.6) is 0 Å². The van der Waals surface area contributed by atoms with Gasteiger partial charge in [-0.25, -0.2) is 9.37 Å². The molecule has 132 valence electrons. The van der Waals surface area contributed by atoms with E-state index < -0.39 is 0 Å². The summed E-state index contributed by atoms with van der Waals surface area (Å²) in [7, 11) is 0. The molecule has 1 N–H and O–H groups in total. The molecule has 2 aromatic carbocycles. The molecule has 0 radical (unpaired) electrons. The standard InChI is InChI=1S/C21H19FN2OS/c1-15(7-8-16-5-3-2-4-6-16)13-19(25)24-21-20(23-14-26-21)17-9-11-18(22)12-10-17/h2-6,9-14H,7-8H2,1H3,(H,24,25). The number of amides is 1. The molecule has 0 fully saturated rings.